The first-order chi connectivity index (χ1) is 10.4. The van der Waals surface area contributed by atoms with Crippen LogP contribution in [0.3, 0.4) is 0 Å². The third-order valence-electron chi connectivity index (χ3n) is 3.28. The Morgan fingerprint density at radius 3 is 1.68 bits per heavy atom. The molecule has 0 aliphatic carbocycles. The zero-order valence-electron chi connectivity index (χ0n) is 12.4. The summed E-state index contributed by atoms with van der Waals surface area (Å²) in [5.74, 6) is -1.48. The SMILES string of the molecule is CC(=N)/C(=C(\C(C)=N)c1c(F)cccc1F)c1ccccc1. The van der Waals surface area contributed by atoms with Gasteiger partial charge in [-0.1, -0.05) is 36.4 Å². The fraction of sp³-hybridized carbons (Fsp3) is 0.111. The Balaban J connectivity index is 2.88. The average Bonchev–Trinajstić information content (AvgIpc) is 2.46. The Labute approximate surface area is 128 Å². The Bertz CT molecular complexity index is 742. The van der Waals surface area contributed by atoms with Crippen LogP contribution in [0.4, 0.5) is 8.78 Å². The molecule has 0 aliphatic rings. The van der Waals surface area contributed by atoms with Gasteiger partial charge in [-0.2, -0.15) is 0 Å². The lowest BCUT2D eigenvalue weighted by Crippen LogP contribution is -2.09. The molecule has 0 radical (unpaired) electrons. The van der Waals surface area contributed by atoms with Crippen LogP contribution in [0.25, 0.3) is 11.1 Å². The second kappa shape index (κ2) is 6.43. The molecule has 0 saturated heterocycles. The van der Waals surface area contributed by atoms with E-state index in [-0.39, 0.29) is 22.6 Å². The molecule has 0 amide bonds. The fourth-order valence-electron chi connectivity index (χ4n) is 2.39. The topological polar surface area (TPSA) is 47.7 Å². The molecule has 0 fully saturated rings. The Hall–Kier alpha value is -2.62. The Morgan fingerprint density at radius 1 is 0.727 bits per heavy atom. The van der Waals surface area contributed by atoms with E-state index >= 15 is 0 Å². The van der Waals surface area contributed by atoms with Gasteiger partial charge in [0.15, 0.2) is 0 Å². The lowest BCUT2D eigenvalue weighted by atomic mass is 9.89. The molecule has 0 bridgehead atoms. The van der Waals surface area contributed by atoms with Crippen molar-refractivity contribution in [1.29, 1.82) is 10.8 Å². The molecule has 2 N–H and O–H groups in total. The van der Waals surface area contributed by atoms with Crippen molar-refractivity contribution in [3.8, 4) is 0 Å². The highest BCUT2D eigenvalue weighted by Crippen LogP contribution is 2.31. The van der Waals surface area contributed by atoms with Crippen molar-refractivity contribution in [2.24, 2.45) is 0 Å². The maximum atomic E-state index is 14.2. The van der Waals surface area contributed by atoms with Gasteiger partial charge in [-0.3, -0.25) is 0 Å². The highest BCUT2D eigenvalue weighted by atomic mass is 19.1. The summed E-state index contributed by atoms with van der Waals surface area (Å²) in [5, 5.41) is 16.0. The van der Waals surface area contributed by atoms with Crippen LogP contribution in [0.2, 0.25) is 0 Å². The first-order valence-corrected chi connectivity index (χ1v) is 6.78. The summed E-state index contributed by atoms with van der Waals surface area (Å²) in [5.41, 5.74) is 1.01. The monoisotopic (exact) mass is 298 g/mol. The number of allylic oxidation sites excluding steroid dienone is 2. The summed E-state index contributed by atoms with van der Waals surface area (Å²) in [6.07, 6.45) is 0. The minimum Gasteiger partial charge on any atom is -0.305 e. The van der Waals surface area contributed by atoms with Gasteiger partial charge in [0.1, 0.15) is 11.6 Å². The van der Waals surface area contributed by atoms with Gasteiger partial charge in [-0.15, -0.1) is 0 Å². The van der Waals surface area contributed by atoms with E-state index in [0.29, 0.717) is 11.1 Å². The van der Waals surface area contributed by atoms with Crippen LogP contribution in [0.15, 0.2) is 48.5 Å². The lowest BCUT2D eigenvalue weighted by molar-refractivity contribution is 0.578. The van der Waals surface area contributed by atoms with Crippen molar-refractivity contribution in [2.75, 3.05) is 0 Å². The van der Waals surface area contributed by atoms with Crippen molar-refractivity contribution in [3.05, 3.63) is 71.3 Å². The molecule has 0 spiro atoms. The number of benzene rings is 2. The van der Waals surface area contributed by atoms with Crippen molar-refractivity contribution in [3.63, 3.8) is 0 Å². The van der Waals surface area contributed by atoms with E-state index in [0.717, 1.165) is 12.1 Å². The molecule has 0 saturated carbocycles. The second-order valence-electron chi connectivity index (χ2n) is 4.96. The second-order valence-corrected chi connectivity index (χ2v) is 4.96. The van der Waals surface area contributed by atoms with Gasteiger partial charge in [0.05, 0.1) is 5.56 Å². The maximum absolute atomic E-state index is 14.2. The zero-order valence-corrected chi connectivity index (χ0v) is 12.4. The van der Waals surface area contributed by atoms with E-state index in [2.05, 4.69) is 0 Å². The van der Waals surface area contributed by atoms with Crippen LogP contribution in [0.1, 0.15) is 25.0 Å². The highest BCUT2D eigenvalue weighted by molar-refractivity contribution is 6.41. The fourth-order valence-corrected chi connectivity index (χ4v) is 2.39. The van der Waals surface area contributed by atoms with Crippen molar-refractivity contribution in [2.45, 2.75) is 13.8 Å². The van der Waals surface area contributed by atoms with E-state index in [1.165, 1.54) is 13.0 Å². The molecule has 0 aromatic heterocycles. The summed E-state index contributed by atoms with van der Waals surface area (Å²) >= 11 is 0. The summed E-state index contributed by atoms with van der Waals surface area (Å²) in [6, 6.07) is 12.5. The van der Waals surface area contributed by atoms with Crippen molar-refractivity contribution < 1.29 is 8.78 Å². The summed E-state index contributed by atoms with van der Waals surface area (Å²) in [7, 11) is 0. The predicted molar refractivity (Wildman–Crippen MR) is 86.4 cm³/mol. The first-order valence-electron chi connectivity index (χ1n) is 6.78. The molecule has 0 atom stereocenters. The third kappa shape index (κ3) is 3.01. The third-order valence-corrected chi connectivity index (χ3v) is 3.28. The summed E-state index contributed by atoms with van der Waals surface area (Å²) in [4.78, 5) is 0. The smallest absolute Gasteiger partial charge is 0.134 e. The molecule has 0 unspecified atom stereocenters. The number of rotatable bonds is 4. The van der Waals surface area contributed by atoms with E-state index in [4.69, 9.17) is 10.8 Å². The van der Waals surface area contributed by atoms with Crippen LogP contribution in [-0.2, 0) is 0 Å². The van der Waals surface area contributed by atoms with Crippen molar-refractivity contribution in [1.82, 2.24) is 0 Å². The van der Waals surface area contributed by atoms with Crippen LogP contribution in [-0.4, -0.2) is 11.4 Å². The van der Waals surface area contributed by atoms with E-state index in [1.807, 2.05) is 6.07 Å². The Kier molecular flexibility index (Phi) is 4.61. The van der Waals surface area contributed by atoms with Crippen LogP contribution in [0, 0.1) is 22.5 Å². The first kappa shape index (κ1) is 15.8. The maximum Gasteiger partial charge on any atom is 0.134 e. The quantitative estimate of drug-likeness (QED) is 0.592. The predicted octanol–water partition coefficient (Wildman–Crippen LogP) is 4.95. The van der Waals surface area contributed by atoms with E-state index < -0.39 is 11.6 Å². The molecule has 2 aromatic rings. The van der Waals surface area contributed by atoms with Crippen LogP contribution < -0.4 is 0 Å². The molecule has 0 aliphatic heterocycles. The van der Waals surface area contributed by atoms with Gasteiger partial charge in [-0.25, -0.2) is 8.78 Å². The van der Waals surface area contributed by atoms with Crippen LogP contribution in [0.5, 0.6) is 0 Å². The minimum absolute atomic E-state index is 0.00875. The Morgan fingerprint density at radius 2 is 1.23 bits per heavy atom. The molecule has 4 heteroatoms. The van der Waals surface area contributed by atoms with Crippen molar-refractivity contribution >= 4 is 22.6 Å². The standard InChI is InChI=1S/C18H16F2N2/c1-11(21)16(13-7-4-3-5-8-13)17(12(2)22)18-14(19)9-6-10-15(18)20/h3-10,21-22H,1-2H3/b17-16-,21-11?,22-12?. The summed E-state index contributed by atoms with van der Waals surface area (Å²) < 4.78 is 28.3. The molecule has 112 valence electrons. The van der Waals surface area contributed by atoms with Crippen LogP contribution >= 0.6 is 0 Å². The highest BCUT2D eigenvalue weighted by Gasteiger charge is 2.21. The normalized spacial score (nSPS) is 11.8. The number of hydrogen-bond donors (Lipinski definition) is 2. The molecular formula is C18H16F2N2. The molecule has 2 rings (SSSR count). The number of nitrogens with one attached hydrogen (secondary N) is 2. The molecule has 0 heterocycles. The van der Waals surface area contributed by atoms with Gasteiger partial charge in [0.2, 0.25) is 0 Å². The zero-order chi connectivity index (χ0) is 16.3. The minimum atomic E-state index is -0.740. The van der Waals surface area contributed by atoms with Gasteiger partial charge in [-0.05, 0) is 31.5 Å². The van der Waals surface area contributed by atoms with Gasteiger partial charge in [0, 0.05) is 22.6 Å². The van der Waals surface area contributed by atoms with Gasteiger partial charge in [0.25, 0.3) is 0 Å². The van der Waals surface area contributed by atoms with Gasteiger partial charge < -0.3 is 10.8 Å². The molecule has 22 heavy (non-hydrogen) atoms. The van der Waals surface area contributed by atoms with E-state index in [9.17, 15) is 8.78 Å². The molecule has 2 nitrogen and oxygen atoms in total. The van der Waals surface area contributed by atoms with Gasteiger partial charge >= 0.3 is 0 Å². The summed E-state index contributed by atoms with van der Waals surface area (Å²) in [6.45, 7) is 3.01. The van der Waals surface area contributed by atoms with E-state index in [1.54, 1.807) is 31.2 Å². The molecule has 2 aromatic carbocycles. The number of hydrogen-bond acceptors (Lipinski definition) is 2. The molecular weight excluding hydrogens is 282 g/mol. The average molecular weight is 298 g/mol. The number of halogens is 2. The largest absolute Gasteiger partial charge is 0.305 e. The lowest BCUT2D eigenvalue weighted by Gasteiger charge is -2.16.